The summed E-state index contributed by atoms with van der Waals surface area (Å²) in [5.41, 5.74) is 2.31. The zero-order valence-corrected chi connectivity index (χ0v) is 9.83. The van der Waals surface area contributed by atoms with E-state index in [-0.39, 0.29) is 0 Å². The fourth-order valence-electron chi connectivity index (χ4n) is 1.51. The maximum atomic E-state index is 5.84. The van der Waals surface area contributed by atoms with Gasteiger partial charge in [-0.1, -0.05) is 23.7 Å². The Morgan fingerprint density at radius 2 is 2.12 bits per heavy atom. The van der Waals surface area contributed by atoms with Gasteiger partial charge in [-0.05, 0) is 24.6 Å². The molecule has 84 valence electrons. The van der Waals surface area contributed by atoms with Crippen LogP contribution in [0, 0.1) is 0 Å². The van der Waals surface area contributed by atoms with Crippen molar-refractivity contribution in [2.24, 2.45) is 0 Å². The molecule has 2 rings (SSSR count). The molecule has 3 nitrogen and oxygen atoms in total. The van der Waals surface area contributed by atoms with Gasteiger partial charge in [-0.15, -0.1) is 0 Å². The third-order valence-electron chi connectivity index (χ3n) is 2.52. The van der Waals surface area contributed by atoms with Crippen LogP contribution in [0.25, 0.3) is 0 Å². The molecule has 1 atom stereocenters. The van der Waals surface area contributed by atoms with Gasteiger partial charge in [-0.3, -0.25) is 0 Å². The van der Waals surface area contributed by atoms with Crippen molar-refractivity contribution in [3.63, 3.8) is 0 Å². The zero-order valence-electron chi connectivity index (χ0n) is 9.07. The van der Waals surface area contributed by atoms with Gasteiger partial charge in [0, 0.05) is 29.5 Å². The molecule has 0 radical (unpaired) electrons. The average molecular weight is 236 g/mol. The van der Waals surface area contributed by atoms with E-state index in [1.807, 2.05) is 30.5 Å². The lowest BCUT2D eigenvalue weighted by molar-refractivity contribution is 0.569. The predicted octanol–water partition coefficient (Wildman–Crippen LogP) is 2.91. The molecule has 0 bridgehead atoms. The highest BCUT2D eigenvalue weighted by atomic mass is 35.5. The van der Waals surface area contributed by atoms with E-state index in [0.29, 0.717) is 6.04 Å². The number of H-pyrrole nitrogens is 1. The Balaban J connectivity index is 1.93. The molecule has 0 aliphatic rings. The maximum absolute atomic E-state index is 5.84. The number of hydrogen-bond donors (Lipinski definition) is 2. The molecule has 4 heteroatoms. The molecule has 0 unspecified atom stereocenters. The van der Waals surface area contributed by atoms with Crippen LogP contribution in [0.15, 0.2) is 36.8 Å². The molecule has 1 heterocycles. The van der Waals surface area contributed by atoms with Crippen molar-refractivity contribution < 1.29 is 0 Å². The molecule has 2 N–H and O–H groups in total. The summed E-state index contributed by atoms with van der Waals surface area (Å²) in [6.45, 7) is 2.91. The maximum Gasteiger partial charge on any atom is 0.0922 e. The van der Waals surface area contributed by atoms with E-state index < -0.39 is 0 Å². The monoisotopic (exact) mass is 235 g/mol. The van der Waals surface area contributed by atoms with E-state index in [0.717, 1.165) is 17.3 Å². The quantitative estimate of drug-likeness (QED) is 0.856. The largest absolute Gasteiger partial charge is 0.347 e. The summed E-state index contributed by atoms with van der Waals surface area (Å²) in [5.74, 6) is 0. The van der Waals surface area contributed by atoms with Crippen molar-refractivity contribution in [2.45, 2.75) is 19.5 Å². The average Bonchev–Trinajstić information content (AvgIpc) is 2.80. The van der Waals surface area contributed by atoms with Gasteiger partial charge >= 0.3 is 0 Å². The first-order valence-electron chi connectivity index (χ1n) is 5.22. The van der Waals surface area contributed by atoms with Crippen molar-refractivity contribution >= 4 is 11.6 Å². The first kappa shape index (κ1) is 11.2. The van der Waals surface area contributed by atoms with E-state index >= 15 is 0 Å². The van der Waals surface area contributed by atoms with E-state index in [1.165, 1.54) is 5.56 Å². The minimum atomic E-state index is 0.292. The molecule has 1 aromatic heterocycles. The summed E-state index contributed by atoms with van der Waals surface area (Å²) in [6.07, 6.45) is 3.51. The Labute approximate surface area is 99.9 Å². The van der Waals surface area contributed by atoms with E-state index in [9.17, 15) is 0 Å². The van der Waals surface area contributed by atoms with Gasteiger partial charge < -0.3 is 10.3 Å². The molecular formula is C12H14ClN3. The SMILES string of the molecule is C[C@@H](NCc1cnc[nH]1)c1ccc(Cl)cc1. The number of imidazole rings is 1. The minimum Gasteiger partial charge on any atom is -0.347 e. The Kier molecular flexibility index (Phi) is 3.59. The molecule has 0 saturated heterocycles. The Bertz CT molecular complexity index is 422. The van der Waals surface area contributed by atoms with Gasteiger partial charge in [-0.2, -0.15) is 0 Å². The number of nitrogens with one attached hydrogen (secondary N) is 2. The van der Waals surface area contributed by atoms with Gasteiger partial charge in [0.15, 0.2) is 0 Å². The molecule has 0 fully saturated rings. The van der Waals surface area contributed by atoms with E-state index in [2.05, 4.69) is 22.2 Å². The molecular weight excluding hydrogens is 222 g/mol. The van der Waals surface area contributed by atoms with Crippen molar-refractivity contribution in [1.82, 2.24) is 15.3 Å². The number of halogens is 1. The van der Waals surface area contributed by atoms with Gasteiger partial charge in [-0.25, -0.2) is 4.98 Å². The van der Waals surface area contributed by atoms with Crippen LogP contribution >= 0.6 is 11.6 Å². The van der Waals surface area contributed by atoms with Gasteiger partial charge in [0.1, 0.15) is 0 Å². The normalized spacial score (nSPS) is 12.6. The zero-order chi connectivity index (χ0) is 11.4. The summed E-state index contributed by atoms with van der Waals surface area (Å²) < 4.78 is 0. The van der Waals surface area contributed by atoms with Crippen LogP contribution in [0.1, 0.15) is 24.2 Å². The fourth-order valence-corrected chi connectivity index (χ4v) is 1.64. The summed E-state index contributed by atoms with van der Waals surface area (Å²) in [7, 11) is 0. The number of aromatic nitrogens is 2. The molecule has 0 saturated carbocycles. The number of aromatic amines is 1. The first-order chi connectivity index (χ1) is 7.75. The highest BCUT2D eigenvalue weighted by Crippen LogP contribution is 2.16. The van der Waals surface area contributed by atoms with E-state index in [1.54, 1.807) is 6.33 Å². The fraction of sp³-hybridized carbons (Fsp3) is 0.250. The molecule has 2 aromatic rings. The molecule has 0 spiro atoms. The van der Waals surface area contributed by atoms with Gasteiger partial charge in [0.2, 0.25) is 0 Å². The smallest absolute Gasteiger partial charge is 0.0922 e. The topological polar surface area (TPSA) is 40.7 Å². The van der Waals surface area contributed by atoms with E-state index in [4.69, 9.17) is 11.6 Å². The second-order valence-electron chi connectivity index (χ2n) is 3.73. The molecule has 0 amide bonds. The van der Waals surface area contributed by atoms with Crippen molar-refractivity contribution in [1.29, 1.82) is 0 Å². The predicted molar refractivity (Wildman–Crippen MR) is 65.3 cm³/mol. The number of nitrogens with zero attached hydrogens (tertiary/aromatic N) is 1. The van der Waals surface area contributed by atoms with Gasteiger partial charge in [0.05, 0.1) is 6.33 Å². The lowest BCUT2D eigenvalue weighted by Gasteiger charge is -2.13. The van der Waals surface area contributed by atoms with Crippen LogP contribution in [0.2, 0.25) is 5.02 Å². The summed E-state index contributed by atoms with van der Waals surface area (Å²) in [4.78, 5) is 7.03. The first-order valence-corrected chi connectivity index (χ1v) is 5.59. The van der Waals surface area contributed by atoms with Crippen molar-refractivity contribution in [3.05, 3.63) is 53.1 Å². The second-order valence-corrected chi connectivity index (χ2v) is 4.17. The molecule has 1 aromatic carbocycles. The van der Waals surface area contributed by atoms with Crippen LogP contribution in [0.5, 0.6) is 0 Å². The summed E-state index contributed by atoms with van der Waals surface area (Å²) in [6, 6.07) is 8.18. The third-order valence-corrected chi connectivity index (χ3v) is 2.78. The highest BCUT2D eigenvalue weighted by Gasteiger charge is 2.04. The van der Waals surface area contributed by atoms with Crippen molar-refractivity contribution in [3.8, 4) is 0 Å². The van der Waals surface area contributed by atoms with Crippen LogP contribution < -0.4 is 5.32 Å². The Morgan fingerprint density at radius 3 is 2.75 bits per heavy atom. The number of rotatable bonds is 4. The molecule has 0 aliphatic heterocycles. The third kappa shape index (κ3) is 2.84. The lowest BCUT2D eigenvalue weighted by atomic mass is 10.1. The molecule has 16 heavy (non-hydrogen) atoms. The van der Waals surface area contributed by atoms with Crippen LogP contribution in [-0.4, -0.2) is 9.97 Å². The second kappa shape index (κ2) is 5.14. The summed E-state index contributed by atoms with van der Waals surface area (Å²) in [5, 5.41) is 4.17. The lowest BCUT2D eigenvalue weighted by Crippen LogP contribution is -2.18. The Morgan fingerprint density at radius 1 is 1.38 bits per heavy atom. The summed E-state index contributed by atoms with van der Waals surface area (Å²) >= 11 is 5.84. The molecule has 0 aliphatic carbocycles. The number of benzene rings is 1. The van der Waals surface area contributed by atoms with Crippen LogP contribution in [0.3, 0.4) is 0 Å². The standard InChI is InChI=1S/C12H14ClN3/c1-9(10-2-4-11(13)5-3-10)15-7-12-6-14-8-16-12/h2-6,8-9,15H,7H2,1H3,(H,14,16)/t9-/m1/s1. The van der Waals surface area contributed by atoms with Crippen molar-refractivity contribution in [2.75, 3.05) is 0 Å². The number of hydrogen-bond acceptors (Lipinski definition) is 2. The Hall–Kier alpha value is -1.32. The minimum absolute atomic E-state index is 0.292. The van der Waals surface area contributed by atoms with Crippen LogP contribution in [-0.2, 0) is 6.54 Å². The van der Waals surface area contributed by atoms with Gasteiger partial charge in [0.25, 0.3) is 0 Å². The van der Waals surface area contributed by atoms with Crippen LogP contribution in [0.4, 0.5) is 0 Å². The highest BCUT2D eigenvalue weighted by molar-refractivity contribution is 6.30.